The molecule has 0 unspecified atom stereocenters. The normalized spacial score (nSPS) is 16.2. The molecule has 0 heterocycles. The number of carboxylic acids is 1. The summed E-state index contributed by atoms with van der Waals surface area (Å²) in [6.07, 6.45) is 1.81. The fraction of sp³-hybridized carbons (Fsp3) is 0.778. The summed E-state index contributed by atoms with van der Waals surface area (Å²) in [7, 11) is 0. The highest BCUT2D eigenvalue weighted by atomic mass is 16.5. The van der Waals surface area contributed by atoms with Gasteiger partial charge >= 0.3 is 5.97 Å². The molecule has 0 aliphatic heterocycles. The second-order valence-electron chi connectivity index (χ2n) is 3.22. The van der Waals surface area contributed by atoms with Crippen LogP contribution in [0.15, 0.2) is 0 Å². The van der Waals surface area contributed by atoms with E-state index < -0.39 is 5.97 Å². The maximum absolute atomic E-state index is 11.1. The highest BCUT2D eigenvalue weighted by Crippen LogP contribution is 2.45. The van der Waals surface area contributed by atoms with E-state index in [1.54, 1.807) is 0 Å². The highest BCUT2D eigenvalue weighted by molar-refractivity contribution is 5.80. The van der Waals surface area contributed by atoms with E-state index >= 15 is 0 Å². The van der Waals surface area contributed by atoms with E-state index in [9.17, 15) is 4.79 Å². The number of aliphatic carboxylic acids is 1. The van der Waals surface area contributed by atoms with Crippen molar-refractivity contribution in [1.82, 2.24) is 0 Å². The van der Waals surface area contributed by atoms with Crippen LogP contribution in [0.2, 0.25) is 0 Å². The molecule has 1 rings (SSSR count). The van der Waals surface area contributed by atoms with Gasteiger partial charge in [-0.05, 0) is 19.8 Å². The molecule has 0 saturated heterocycles. The zero-order valence-electron chi connectivity index (χ0n) is 8.58. The second-order valence-corrected chi connectivity index (χ2v) is 3.22. The minimum atomic E-state index is -0.833. The van der Waals surface area contributed by atoms with Crippen molar-refractivity contribution in [2.45, 2.75) is 26.7 Å². The summed E-state index contributed by atoms with van der Waals surface area (Å²) in [5.41, 5.74) is 5.12. The van der Waals surface area contributed by atoms with Crippen LogP contribution in [-0.2, 0) is 14.3 Å². The fourth-order valence-electron chi connectivity index (χ4n) is 0.927. The van der Waals surface area contributed by atoms with Crippen molar-refractivity contribution in [3.8, 4) is 0 Å². The van der Waals surface area contributed by atoms with Crippen molar-refractivity contribution >= 4 is 11.9 Å². The number of esters is 1. The van der Waals surface area contributed by atoms with Crippen molar-refractivity contribution in [1.29, 1.82) is 0 Å². The molecule has 14 heavy (non-hydrogen) atoms. The first-order chi connectivity index (χ1) is 6.48. The lowest BCUT2D eigenvalue weighted by molar-refractivity contribution is -0.149. The molecule has 1 saturated carbocycles. The van der Waals surface area contributed by atoms with Gasteiger partial charge in [-0.1, -0.05) is 0 Å². The molecule has 82 valence electrons. The Hall–Kier alpha value is -1.10. The Morgan fingerprint density at radius 1 is 1.50 bits per heavy atom. The third-order valence-corrected chi connectivity index (χ3v) is 1.95. The second kappa shape index (κ2) is 5.59. The number of hydrogen-bond donors (Lipinski definition) is 2. The summed E-state index contributed by atoms with van der Waals surface area (Å²) in [6.45, 7) is 3.79. The van der Waals surface area contributed by atoms with Gasteiger partial charge in [0.15, 0.2) is 0 Å². The molecule has 0 amide bonds. The number of carbonyl (C=O) groups excluding carboxylic acids is 1. The molecule has 0 atom stereocenters. The molecule has 0 aromatic heterocycles. The van der Waals surface area contributed by atoms with Crippen molar-refractivity contribution in [3.63, 3.8) is 0 Å². The van der Waals surface area contributed by atoms with E-state index in [-0.39, 0.29) is 11.4 Å². The minimum absolute atomic E-state index is 0.113. The topological polar surface area (TPSA) is 89.6 Å². The Bertz CT molecular complexity index is 207. The number of carboxylic acid groups (broad SMARTS) is 1. The zero-order chi connectivity index (χ0) is 11.2. The molecule has 1 aliphatic rings. The average Bonchev–Trinajstić information content (AvgIpc) is 2.83. The number of ether oxygens (including phenoxy) is 1. The molecule has 5 heteroatoms. The Morgan fingerprint density at radius 2 is 1.93 bits per heavy atom. The molecule has 0 radical (unpaired) electrons. The van der Waals surface area contributed by atoms with Crippen LogP contribution in [0.3, 0.4) is 0 Å². The predicted octanol–water partition coefficient (Wildman–Crippen LogP) is 0.379. The van der Waals surface area contributed by atoms with Gasteiger partial charge in [-0.2, -0.15) is 0 Å². The molecule has 0 aromatic rings. The SMILES string of the molecule is CC(=O)O.CCOC(=O)C1(CN)CC1. The molecule has 0 spiro atoms. The molecule has 0 aromatic carbocycles. The summed E-state index contributed by atoms with van der Waals surface area (Å²) in [5.74, 6) is -0.947. The first kappa shape index (κ1) is 12.9. The maximum Gasteiger partial charge on any atom is 0.313 e. The third-order valence-electron chi connectivity index (χ3n) is 1.95. The van der Waals surface area contributed by atoms with E-state index in [4.69, 9.17) is 20.4 Å². The minimum Gasteiger partial charge on any atom is -0.481 e. The van der Waals surface area contributed by atoms with Gasteiger partial charge in [-0.3, -0.25) is 9.59 Å². The smallest absolute Gasteiger partial charge is 0.313 e. The van der Waals surface area contributed by atoms with E-state index in [1.807, 2.05) is 6.92 Å². The van der Waals surface area contributed by atoms with Gasteiger partial charge in [0.1, 0.15) is 0 Å². The van der Waals surface area contributed by atoms with Gasteiger partial charge in [-0.15, -0.1) is 0 Å². The molecule has 1 aliphatic carbocycles. The lowest BCUT2D eigenvalue weighted by atomic mass is 10.1. The lowest BCUT2D eigenvalue weighted by Crippen LogP contribution is -2.27. The monoisotopic (exact) mass is 203 g/mol. The summed E-state index contributed by atoms with van der Waals surface area (Å²) in [6, 6.07) is 0. The largest absolute Gasteiger partial charge is 0.481 e. The van der Waals surface area contributed by atoms with Crippen LogP contribution in [0.1, 0.15) is 26.7 Å². The zero-order valence-corrected chi connectivity index (χ0v) is 8.58. The fourth-order valence-corrected chi connectivity index (χ4v) is 0.927. The lowest BCUT2D eigenvalue weighted by Gasteiger charge is -2.09. The van der Waals surface area contributed by atoms with Gasteiger partial charge in [0.05, 0.1) is 12.0 Å². The third kappa shape index (κ3) is 4.23. The van der Waals surface area contributed by atoms with Gasteiger partial charge < -0.3 is 15.6 Å². The van der Waals surface area contributed by atoms with Crippen molar-refractivity contribution in [2.75, 3.05) is 13.2 Å². The molecule has 3 N–H and O–H groups in total. The van der Waals surface area contributed by atoms with Crippen LogP contribution >= 0.6 is 0 Å². The quantitative estimate of drug-likeness (QED) is 0.647. The van der Waals surface area contributed by atoms with Gasteiger partial charge in [0.2, 0.25) is 0 Å². The Balaban J connectivity index is 0.000000364. The van der Waals surface area contributed by atoms with Crippen LogP contribution in [0.25, 0.3) is 0 Å². The van der Waals surface area contributed by atoms with Crippen LogP contribution in [0, 0.1) is 5.41 Å². The Labute approximate surface area is 83.2 Å². The highest BCUT2D eigenvalue weighted by Gasteiger charge is 2.49. The van der Waals surface area contributed by atoms with Crippen molar-refractivity contribution in [3.05, 3.63) is 0 Å². The number of rotatable bonds is 3. The average molecular weight is 203 g/mol. The molecular weight excluding hydrogens is 186 g/mol. The van der Waals surface area contributed by atoms with E-state index in [0.717, 1.165) is 19.8 Å². The van der Waals surface area contributed by atoms with Crippen LogP contribution in [0.4, 0.5) is 0 Å². The number of hydrogen-bond acceptors (Lipinski definition) is 4. The van der Waals surface area contributed by atoms with Crippen LogP contribution < -0.4 is 5.73 Å². The number of nitrogens with two attached hydrogens (primary N) is 1. The summed E-state index contributed by atoms with van der Waals surface area (Å²) in [4.78, 5) is 20.1. The molecule has 1 fully saturated rings. The summed E-state index contributed by atoms with van der Waals surface area (Å²) in [5, 5.41) is 7.42. The summed E-state index contributed by atoms with van der Waals surface area (Å²) >= 11 is 0. The Kier molecular flexibility index (Phi) is 5.15. The van der Waals surface area contributed by atoms with Crippen LogP contribution in [-0.4, -0.2) is 30.2 Å². The standard InChI is InChI=1S/C7H13NO2.C2H4O2/c1-2-10-6(9)7(5-8)3-4-7;1-2(3)4/h2-5,8H2,1H3;1H3,(H,3,4). The van der Waals surface area contributed by atoms with E-state index in [2.05, 4.69) is 0 Å². The van der Waals surface area contributed by atoms with E-state index in [1.165, 1.54) is 0 Å². The van der Waals surface area contributed by atoms with Gasteiger partial charge in [0, 0.05) is 13.5 Å². The Morgan fingerprint density at radius 3 is 2.14 bits per heavy atom. The first-order valence-corrected chi connectivity index (χ1v) is 4.55. The first-order valence-electron chi connectivity index (χ1n) is 4.55. The van der Waals surface area contributed by atoms with Crippen LogP contribution in [0.5, 0.6) is 0 Å². The summed E-state index contributed by atoms with van der Waals surface area (Å²) < 4.78 is 4.84. The van der Waals surface area contributed by atoms with Gasteiger partial charge in [0.25, 0.3) is 5.97 Å². The van der Waals surface area contributed by atoms with Gasteiger partial charge in [-0.25, -0.2) is 0 Å². The molecule has 5 nitrogen and oxygen atoms in total. The van der Waals surface area contributed by atoms with Crippen molar-refractivity contribution in [2.24, 2.45) is 11.1 Å². The number of carbonyl (C=O) groups is 2. The van der Waals surface area contributed by atoms with Crippen molar-refractivity contribution < 1.29 is 19.4 Å². The maximum atomic E-state index is 11.1. The van der Waals surface area contributed by atoms with E-state index in [0.29, 0.717) is 13.2 Å². The molecule has 0 bridgehead atoms. The molecular formula is C9H17NO4. The predicted molar refractivity (Wildman–Crippen MR) is 50.7 cm³/mol.